The zero-order chi connectivity index (χ0) is 10.5. The van der Waals surface area contributed by atoms with Gasteiger partial charge in [0.2, 0.25) is 5.91 Å². The molecule has 0 aliphatic heterocycles. The van der Waals surface area contributed by atoms with Gasteiger partial charge in [0.05, 0.1) is 17.9 Å². The summed E-state index contributed by atoms with van der Waals surface area (Å²) in [7, 11) is -3.45. The number of aliphatic carboxylic acids is 1. The number of nitrogens with two attached hydrogens (primary N) is 1. The largest absolute Gasteiger partial charge is 0.481 e. The Bertz CT molecular complexity index is 270. The van der Waals surface area contributed by atoms with Gasteiger partial charge in [-0.05, 0) is 0 Å². The molecule has 0 aromatic carbocycles. The molecule has 0 unspecified atom stereocenters. The Kier molecular flexibility index (Phi) is 4.39. The lowest BCUT2D eigenvalue weighted by Gasteiger charge is -1.99. The fraction of sp³-hybridized carbons (Fsp3) is 0.667. The van der Waals surface area contributed by atoms with Crippen LogP contribution >= 0.6 is 0 Å². The van der Waals surface area contributed by atoms with Gasteiger partial charge in [-0.2, -0.15) is 0 Å². The molecule has 76 valence electrons. The second-order valence-corrected chi connectivity index (χ2v) is 4.82. The molecule has 0 heterocycles. The summed E-state index contributed by atoms with van der Waals surface area (Å²) in [5, 5.41) is 8.20. The highest BCUT2D eigenvalue weighted by atomic mass is 32.2. The summed E-state index contributed by atoms with van der Waals surface area (Å²) in [6.45, 7) is 0. The molecule has 6 nitrogen and oxygen atoms in total. The summed E-state index contributed by atoms with van der Waals surface area (Å²) in [5.41, 5.74) is 4.74. The number of primary amides is 1. The molecule has 0 aromatic rings. The molecule has 0 rings (SSSR count). The smallest absolute Gasteiger partial charge is 0.304 e. The highest BCUT2D eigenvalue weighted by molar-refractivity contribution is 7.91. The number of sulfone groups is 1. The van der Waals surface area contributed by atoms with Gasteiger partial charge in [-0.25, -0.2) is 8.42 Å². The van der Waals surface area contributed by atoms with Gasteiger partial charge < -0.3 is 10.8 Å². The van der Waals surface area contributed by atoms with Crippen LogP contribution in [0.3, 0.4) is 0 Å². The second-order valence-electron chi connectivity index (χ2n) is 2.51. The maximum atomic E-state index is 11.0. The number of carbonyl (C=O) groups is 2. The molecule has 7 heteroatoms. The molecule has 3 N–H and O–H groups in total. The van der Waals surface area contributed by atoms with Crippen molar-refractivity contribution in [3.05, 3.63) is 0 Å². The Labute approximate surface area is 75.6 Å². The molecular weight excluding hydrogens is 198 g/mol. The minimum atomic E-state index is -3.45. The predicted octanol–water partition coefficient (Wildman–Crippen LogP) is -1.25. The van der Waals surface area contributed by atoms with Crippen LogP contribution in [0.25, 0.3) is 0 Å². The number of carbonyl (C=O) groups excluding carboxylic acids is 1. The van der Waals surface area contributed by atoms with Crippen molar-refractivity contribution < 1.29 is 23.1 Å². The van der Waals surface area contributed by atoms with Crippen molar-refractivity contribution in [2.45, 2.75) is 12.8 Å². The van der Waals surface area contributed by atoms with E-state index in [0.29, 0.717) is 0 Å². The van der Waals surface area contributed by atoms with Crippen molar-refractivity contribution in [3.63, 3.8) is 0 Å². The van der Waals surface area contributed by atoms with Crippen LogP contribution in [0.15, 0.2) is 0 Å². The van der Waals surface area contributed by atoms with Crippen LogP contribution < -0.4 is 5.73 Å². The van der Waals surface area contributed by atoms with Crippen LogP contribution in [-0.2, 0) is 19.4 Å². The highest BCUT2D eigenvalue weighted by Gasteiger charge is 2.13. The highest BCUT2D eigenvalue weighted by Crippen LogP contribution is 1.96. The van der Waals surface area contributed by atoms with E-state index in [1.54, 1.807) is 0 Å². The van der Waals surface area contributed by atoms with Crippen molar-refractivity contribution in [2.24, 2.45) is 5.73 Å². The van der Waals surface area contributed by atoms with Crippen molar-refractivity contribution in [3.8, 4) is 0 Å². The quantitative estimate of drug-likeness (QED) is 0.567. The summed E-state index contributed by atoms with van der Waals surface area (Å²) in [4.78, 5) is 20.3. The Hall–Kier alpha value is -1.11. The maximum absolute atomic E-state index is 11.0. The van der Waals surface area contributed by atoms with Crippen LogP contribution in [-0.4, -0.2) is 36.9 Å². The third-order valence-corrected chi connectivity index (χ3v) is 2.94. The van der Waals surface area contributed by atoms with E-state index in [4.69, 9.17) is 10.8 Å². The number of hydrogen-bond acceptors (Lipinski definition) is 4. The third-order valence-electron chi connectivity index (χ3n) is 1.29. The van der Waals surface area contributed by atoms with Gasteiger partial charge in [-0.1, -0.05) is 0 Å². The van der Waals surface area contributed by atoms with Gasteiger partial charge in [0.1, 0.15) is 0 Å². The van der Waals surface area contributed by atoms with E-state index in [1.807, 2.05) is 0 Å². The average molecular weight is 209 g/mol. The first-order valence-electron chi connectivity index (χ1n) is 3.54. The standard InChI is InChI=1S/C6H11NO5S/c7-5(8)1-3-13(11,12)4-2-6(9)10/h1-4H2,(H2,7,8)(H,9,10). The number of rotatable bonds is 6. The fourth-order valence-corrected chi connectivity index (χ4v) is 1.80. The van der Waals surface area contributed by atoms with Crippen molar-refractivity contribution in [1.82, 2.24) is 0 Å². The van der Waals surface area contributed by atoms with E-state index in [1.165, 1.54) is 0 Å². The lowest BCUT2D eigenvalue weighted by atomic mass is 10.5. The van der Waals surface area contributed by atoms with Crippen LogP contribution in [0.1, 0.15) is 12.8 Å². The van der Waals surface area contributed by atoms with Crippen molar-refractivity contribution >= 4 is 21.7 Å². The van der Waals surface area contributed by atoms with E-state index in [9.17, 15) is 18.0 Å². The van der Waals surface area contributed by atoms with Crippen LogP contribution in [0.2, 0.25) is 0 Å². The summed E-state index contributed by atoms with van der Waals surface area (Å²) in [6, 6.07) is 0. The second kappa shape index (κ2) is 4.80. The third kappa shape index (κ3) is 7.26. The van der Waals surface area contributed by atoms with Crippen LogP contribution in [0.4, 0.5) is 0 Å². The summed E-state index contributed by atoms with van der Waals surface area (Å²) in [5.74, 6) is -2.72. The van der Waals surface area contributed by atoms with Gasteiger partial charge in [-0.15, -0.1) is 0 Å². The van der Waals surface area contributed by atoms with Crippen LogP contribution in [0, 0.1) is 0 Å². The molecule has 0 atom stereocenters. The van der Waals surface area contributed by atoms with Crippen molar-refractivity contribution in [2.75, 3.05) is 11.5 Å². The molecule has 0 bridgehead atoms. The van der Waals surface area contributed by atoms with Crippen molar-refractivity contribution in [1.29, 1.82) is 0 Å². The van der Waals surface area contributed by atoms with E-state index in [2.05, 4.69) is 0 Å². The Morgan fingerprint density at radius 2 is 1.62 bits per heavy atom. The van der Waals surface area contributed by atoms with Gasteiger partial charge >= 0.3 is 5.97 Å². The molecule has 0 saturated carbocycles. The lowest BCUT2D eigenvalue weighted by Crippen LogP contribution is -2.20. The molecule has 0 aliphatic carbocycles. The fourth-order valence-electron chi connectivity index (χ4n) is 0.601. The topological polar surface area (TPSA) is 115 Å². The Morgan fingerprint density at radius 3 is 2.00 bits per heavy atom. The monoisotopic (exact) mass is 209 g/mol. The van der Waals surface area contributed by atoms with Gasteiger partial charge in [0, 0.05) is 6.42 Å². The van der Waals surface area contributed by atoms with Gasteiger partial charge in [-0.3, -0.25) is 9.59 Å². The lowest BCUT2D eigenvalue weighted by molar-refractivity contribution is -0.136. The average Bonchev–Trinajstić information content (AvgIpc) is 1.98. The molecule has 0 aromatic heterocycles. The summed E-state index contributed by atoms with van der Waals surface area (Å²) >= 11 is 0. The van der Waals surface area contributed by atoms with Crippen LogP contribution in [0.5, 0.6) is 0 Å². The minimum absolute atomic E-state index is 0.262. The van der Waals surface area contributed by atoms with Gasteiger partial charge in [0.15, 0.2) is 9.84 Å². The first-order chi connectivity index (χ1) is 5.83. The molecule has 0 saturated heterocycles. The molecular formula is C6H11NO5S. The molecule has 0 spiro atoms. The van der Waals surface area contributed by atoms with E-state index >= 15 is 0 Å². The zero-order valence-corrected chi connectivity index (χ0v) is 7.71. The maximum Gasteiger partial charge on any atom is 0.304 e. The normalized spacial score (nSPS) is 11.1. The minimum Gasteiger partial charge on any atom is -0.481 e. The zero-order valence-electron chi connectivity index (χ0n) is 6.89. The molecule has 0 radical (unpaired) electrons. The molecule has 0 aliphatic rings. The number of amides is 1. The predicted molar refractivity (Wildman–Crippen MR) is 44.7 cm³/mol. The number of carboxylic acids is 1. The van der Waals surface area contributed by atoms with E-state index in [-0.39, 0.29) is 12.2 Å². The first-order valence-corrected chi connectivity index (χ1v) is 5.36. The van der Waals surface area contributed by atoms with E-state index in [0.717, 1.165) is 0 Å². The molecule has 0 fully saturated rings. The Morgan fingerprint density at radius 1 is 1.15 bits per heavy atom. The summed E-state index contributed by atoms with van der Waals surface area (Å²) in [6.07, 6.45) is -0.705. The number of hydrogen-bond donors (Lipinski definition) is 2. The first kappa shape index (κ1) is 11.9. The molecule has 13 heavy (non-hydrogen) atoms. The Balaban J connectivity index is 3.95. The summed E-state index contributed by atoms with van der Waals surface area (Å²) < 4.78 is 21.9. The van der Waals surface area contributed by atoms with Gasteiger partial charge in [0.25, 0.3) is 0 Å². The van der Waals surface area contributed by atoms with E-state index < -0.39 is 33.9 Å². The molecule has 1 amide bonds. The number of carboxylic acid groups (broad SMARTS) is 1. The SMILES string of the molecule is NC(=O)CCS(=O)(=O)CCC(=O)O.